The Kier molecular flexibility index (Phi) is 5.97. The van der Waals surface area contributed by atoms with Crippen LogP contribution in [-0.4, -0.2) is 18.3 Å². The van der Waals surface area contributed by atoms with Gasteiger partial charge in [0, 0.05) is 20.2 Å². The zero-order chi connectivity index (χ0) is 27.5. The lowest BCUT2D eigenvalue weighted by atomic mass is 9.78. The highest BCUT2D eigenvalue weighted by Gasteiger charge is 2.52. The number of rotatable bonds is 4. The Hall–Kier alpha value is -3.70. The first kappa shape index (κ1) is 25.3. The molecule has 0 radical (unpaired) electrons. The molecule has 7 rings (SSSR count). The van der Waals surface area contributed by atoms with Crippen LogP contribution in [0, 0.1) is 0 Å². The summed E-state index contributed by atoms with van der Waals surface area (Å²) in [5.74, 6) is 0. The first-order chi connectivity index (χ1) is 19.3. The normalized spacial score (nSPS) is 16.1. The molecule has 1 aliphatic rings. The minimum Gasteiger partial charge on any atom is -0.399 e. The Balaban J connectivity index is 1.29. The van der Waals surface area contributed by atoms with Crippen molar-refractivity contribution >= 4 is 44.1 Å². The summed E-state index contributed by atoms with van der Waals surface area (Å²) in [7, 11) is -0.382. The second-order valence-electron chi connectivity index (χ2n) is 11.6. The van der Waals surface area contributed by atoms with Gasteiger partial charge >= 0.3 is 7.12 Å². The summed E-state index contributed by atoms with van der Waals surface area (Å²) < 4.78 is 15.4. The van der Waals surface area contributed by atoms with Crippen LogP contribution in [0.5, 0.6) is 0 Å². The summed E-state index contributed by atoms with van der Waals surface area (Å²) in [5, 5.41) is 2.52. The molecule has 6 aromatic rings. The van der Waals surface area contributed by atoms with E-state index in [4.69, 9.17) is 9.31 Å². The van der Waals surface area contributed by atoms with E-state index in [1.807, 2.05) is 11.3 Å². The average Bonchev–Trinajstić information content (AvgIpc) is 3.46. The Morgan fingerprint density at radius 2 is 1.02 bits per heavy atom. The van der Waals surface area contributed by atoms with Gasteiger partial charge in [0.05, 0.1) is 11.2 Å². The summed E-state index contributed by atoms with van der Waals surface area (Å²) in [6.45, 7) is 8.44. The van der Waals surface area contributed by atoms with Crippen molar-refractivity contribution in [2.45, 2.75) is 38.9 Å². The van der Waals surface area contributed by atoms with E-state index in [-0.39, 0.29) is 18.3 Å². The predicted molar refractivity (Wildman–Crippen MR) is 171 cm³/mol. The van der Waals surface area contributed by atoms with Crippen LogP contribution in [0.3, 0.4) is 0 Å². The smallest absolute Gasteiger partial charge is 0.399 e. The fourth-order valence-corrected chi connectivity index (χ4v) is 6.93. The monoisotopic (exact) mass is 538 g/mol. The summed E-state index contributed by atoms with van der Waals surface area (Å²) >= 11 is 1.84. The topological polar surface area (TPSA) is 18.5 Å². The lowest BCUT2D eigenvalue weighted by Gasteiger charge is -2.32. The van der Waals surface area contributed by atoms with Crippen LogP contribution in [0.15, 0.2) is 115 Å². The summed E-state index contributed by atoms with van der Waals surface area (Å²) in [6, 6.07) is 41.4. The molecule has 0 unspecified atom stereocenters. The highest BCUT2D eigenvalue weighted by molar-refractivity contribution is 7.27. The maximum atomic E-state index is 6.45. The SMILES string of the molecule is CC1(C)OB(c2cccc3c2sc2c(-c4cccc(-c5ccc(-c6ccccc6)cc5)c4)cccc23)OC1(C)C. The largest absolute Gasteiger partial charge is 0.496 e. The van der Waals surface area contributed by atoms with Crippen molar-refractivity contribution in [1.29, 1.82) is 0 Å². The van der Waals surface area contributed by atoms with Gasteiger partial charge in [0.2, 0.25) is 0 Å². The van der Waals surface area contributed by atoms with E-state index < -0.39 is 0 Å². The van der Waals surface area contributed by atoms with E-state index in [1.54, 1.807) is 0 Å². The van der Waals surface area contributed by atoms with Crippen molar-refractivity contribution in [3.05, 3.63) is 115 Å². The Bertz CT molecular complexity index is 1840. The van der Waals surface area contributed by atoms with Gasteiger partial charge < -0.3 is 9.31 Å². The van der Waals surface area contributed by atoms with Gasteiger partial charge in [-0.3, -0.25) is 0 Å². The quantitative estimate of drug-likeness (QED) is 0.208. The molecule has 1 aromatic heterocycles. The van der Waals surface area contributed by atoms with Crippen LogP contribution in [0.25, 0.3) is 53.6 Å². The van der Waals surface area contributed by atoms with E-state index in [0.29, 0.717) is 0 Å². The zero-order valence-corrected chi connectivity index (χ0v) is 24.1. The first-order valence-corrected chi connectivity index (χ1v) is 14.7. The average molecular weight is 539 g/mol. The fourth-order valence-electron chi connectivity index (χ4n) is 5.58. The summed E-state index contributed by atoms with van der Waals surface area (Å²) in [6.07, 6.45) is 0. The van der Waals surface area contributed by atoms with Crippen molar-refractivity contribution in [3.63, 3.8) is 0 Å². The number of thiophene rings is 1. The molecule has 0 spiro atoms. The summed E-state index contributed by atoms with van der Waals surface area (Å²) in [4.78, 5) is 0. The van der Waals surface area contributed by atoms with Crippen molar-refractivity contribution in [2.24, 2.45) is 0 Å². The van der Waals surface area contributed by atoms with E-state index >= 15 is 0 Å². The molecular weight excluding hydrogens is 507 g/mol. The van der Waals surface area contributed by atoms with E-state index in [1.165, 1.54) is 53.6 Å². The lowest BCUT2D eigenvalue weighted by Crippen LogP contribution is -2.41. The third-order valence-corrected chi connectivity index (χ3v) is 9.86. The molecule has 0 N–H and O–H groups in total. The van der Waals surface area contributed by atoms with Gasteiger partial charge in [0.25, 0.3) is 0 Å². The third-order valence-electron chi connectivity index (χ3n) is 8.56. The second-order valence-corrected chi connectivity index (χ2v) is 12.6. The molecule has 0 saturated carbocycles. The van der Waals surface area contributed by atoms with Crippen LogP contribution in [0.4, 0.5) is 0 Å². The van der Waals surface area contributed by atoms with Gasteiger partial charge in [-0.05, 0) is 72.5 Å². The molecule has 2 nitrogen and oxygen atoms in total. The van der Waals surface area contributed by atoms with Crippen LogP contribution in [-0.2, 0) is 9.31 Å². The maximum absolute atomic E-state index is 6.45. The molecule has 196 valence electrons. The van der Waals surface area contributed by atoms with Gasteiger partial charge in [0.15, 0.2) is 0 Å². The van der Waals surface area contributed by atoms with Crippen molar-refractivity contribution in [2.75, 3.05) is 0 Å². The molecule has 0 aliphatic carbocycles. The number of fused-ring (bicyclic) bond motifs is 3. The molecule has 5 aromatic carbocycles. The highest BCUT2D eigenvalue weighted by atomic mass is 32.1. The third kappa shape index (κ3) is 4.19. The second kappa shape index (κ2) is 9.45. The van der Waals surface area contributed by atoms with E-state index in [2.05, 4.69) is 143 Å². The van der Waals surface area contributed by atoms with Crippen LogP contribution >= 0.6 is 11.3 Å². The Morgan fingerprint density at radius 1 is 0.500 bits per heavy atom. The predicted octanol–water partition coefficient (Wildman–Crippen LogP) is 9.35. The number of benzene rings is 5. The standard InChI is InChI=1S/C36H31BO2S/c1-35(2)36(3,4)39-37(38-35)32-18-10-17-31-30-16-9-15-29(33(30)40-34(31)32)28-14-8-13-27(23-28)26-21-19-25(20-22-26)24-11-6-5-7-12-24/h5-23H,1-4H3. The zero-order valence-electron chi connectivity index (χ0n) is 23.3. The van der Waals surface area contributed by atoms with Crippen molar-refractivity contribution in [3.8, 4) is 33.4 Å². The summed E-state index contributed by atoms with van der Waals surface area (Å²) in [5.41, 5.74) is 7.73. The minimum absolute atomic E-state index is 0.374. The number of hydrogen-bond donors (Lipinski definition) is 0. The van der Waals surface area contributed by atoms with Gasteiger partial charge in [-0.25, -0.2) is 0 Å². The van der Waals surface area contributed by atoms with Crippen molar-refractivity contribution < 1.29 is 9.31 Å². The van der Waals surface area contributed by atoms with Crippen molar-refractivity contribution in [1.82, 2.24) is 0 Å². The van der Waals surface area contributed by atoms with Gasteiger partial charge in [-0.15, -0.1) is 11.3 Å². The minimum atomic E-state index is -0.382. The molecule has 40 heavy (non-hydrogen) atoms. The molecular formula is C36H31BO2S. The molecule has 4 heteroatoms. The van der Waals surface area contributed by atoms with Crippen LogP contribution in [0.1, 0.15) is 27.7 Å². The highest BCUT2D eigenvalue weighted by Crippen LogP contribution is 2.42. The molecule has 2 heterocycles. The molecule has 1 fully saturated rings. The first-order valence-electron chi connectivity index (χ1n) is 13.9. The molecule has 0 bridgehead atoms. The maximum Gasteiger partial charge on any atom is 0.496 e. The van der Waals surface area contributed by atoms with E-state index in [0.717, 1.165) is 5.46 Å². The Labute approximate surface area is 240 Å². The fraction of sp³-hybridized carbons (Fsp3) is 0.167. The Morgan fingerprint density at radius 3 is 1.73 bits per heavy atom. The molecule has 0 atom stereocenters. The van der Waals surface area contributed by atoms with Crippen LogP contribution < -0.4 is 5.46 Å². The lowest BCUT2D eigenvalue weighted by molar-refractivity contribution is 0.00578. The van der Waals surface area contributed by atoms with Gasteiger partial charge in [-0.1, -0.05) is 109 Å². The molecule has 1 saturated heterocycles. The number of hydrogen-bond acceptors (Lipinski definition) is 3. The van der Waals surface area contributed by atoms with Crippen LogP contribution in [0.2, 0.25) is 0 Å². The van der Waals surface area contributed by atoms with Gasteiger partial charge in [0.1, 0.15) is 0 Å². The molecule has 1 aliphatic heterocycles. The van der Waals surface area contributed by atoms with E-state index in [9.17, 15) is 0 Å². The van der Waals surface area contributed by atoms with Gasteiger partial charge in [-0.2, -0.15) is 0 Å². The molecule has 0 amide bonds.